The first-order valence-corrected chi connectivity index (χ1v) is 21.8. The number of nitrogens with one attached hydrogen (secondary N) is 2. The molecular formula is C50H64N8O6. The summed E-state index contributed by atoms with van der Waals surface area (Å²) in [5, 5.41) is 0. The molecule has 0 saturated heterocycles. The Kier molecular flexibility index (Phi) is 14.3. The molecule has 14 nitrogen and oxygen atoms in total. The average Bonchev–Trinajstić information content (AvgIpc) is 3.92. The van der Waals surface area contributed by atoms with E-state index in [1.165, 1.54) is 14.2 Å². The Morgan fingerprint density at radius 1 is 0.719 bits per heavy atom. The fourth-order valence-corrected chi connectivity index (χ4v) is 8.92. The number of aromatic amines is 2. The number of fused-ring (bicyclic) bond motifs is 11. The van der Waals surface area contributed by atoms with Crippen LogP contribution in [0.25, 0.3) is 44.9 Å². The van der Waals surface area contributed by atoms with Gasteiger partial charge in [0.15, 0.2) is 0 Å². The molecule has 3 aliphatic rings. The van der Waals surface area contributed by atoms with E-state index >= 15 is 0 Å². The van der Waals surface area contributed by atoms with Crippen molar-refractivity contribution in [3.05, 3.63) is 93.6 Å². The maximum Gasteiger partial charge on any atom is 0.334 e. The third-order valence-corrected chi connectivity index (χ3v) is 13.1. The van der Waals surface area contributed by atoms with Crippen LogP contribution in [-0.4, -0.2) is 146 Å². The largest absolute Gasteiger partial charge is 0.469 e. The number of aromatic nitrogens is 4. The Morgan fingerprint density at radius 2 is 1.30 bits per heavy atom. The molecule has 0 radical (unpaired) electrons. The van der Waals surface area contributed by atoms with Gasteiger partial charge in [-0.3, -0.25) is 19.4 Å². The molecule has 0 aromatic carbocycles. The number of ether oxygens (including phenoxy) is 2. The second kappa shape index (κ2) is 19.3. The highest BCUT2D eigenvalue weighted by Crippen LogP contribution is 2.52. The van der Waals surface area contributed by atoms with E-state index in [0.29, 0.717) is 43.7 Å². The summed E-state index contributed by atoms with van der Waals surface area (Å²) in [6.45, 7) is 14.9. The van der Waals surface area contributed by atoms with E-state index in [9.17, 15) is 19.2 Å². The van der Waals surface area contributed by atoms with Gasteiger partial charge in [0.1, 0.15) is 5.92 Å². The molecule has 2 atom stereocenters. The van der Waals surface area contributed by atoms with E-state index in [-0.39, 0.29) is 23.8 Å². The number of carbonyl (C=O) groups excluding carboxylic acids is 4. The Hall–Kier alpha value is -6.12. The van der Waals surface area contributed by atoms with Gasteiger partial charge in [-0.05, 0) is 126 Å². The fourth-order valence-electron chi connectivity index (χ4n) is 8.92. The minimum absolute atomic E-state index is 0.0232. The van der Waals surface area contributed by atoms with Crippen molar-refractivity contribution in [2.45, 2.75) is 58.8 Å². The quantitative estimate of drug-likeness (QED) is 0.162. The number of amides is 2. The number of hydrogen-bond acceptors (Lipinski definition) is 10. The molecule has 340 valence electrons. The summed E-state index contributed by atoms with van der Waals surface area (Å²) in [7, 11) is 14.2. The van der Waals surface area contributed by atoms with E-state index in [1.54, 1.807) is 15.9 Å². The van der Waals surface area contributed by atoms with Crippen molar-refractivity contribution in [1.29, 1.82) is 0 Å². The van der Waals surface area contributed by atoms with Gasteiger partial charge in [0, 0.05) is 80.7 Å². The second-order valence-electron chi connectivity index (χ2n) is 17.8. The van der Waals surface area contributed by atoms with E-state index in [1.807, 2.05) is 111 Å². The summed E-state index contributed by atoms with van der Waals surface area (Å²) < 4.78 is 10.6. The normalized spacial score (nSPS) is 16.9. The van der Waals surface area contributed by atoms with Crippen LogP contribution in [0.2, 0.25) is 0 Å². The van der Waals surface area contributed by atoms with Crippen molar-refractivity contribution in [3.63, 3.8) is 0 Å². The second-order valence-corrected chi connectivity index (χ2v) is 17.8. The van der Waals surface area contributed by atoms with E-state index in [2.05, 4.69) is 21.4 Å². The summed E-state index contributed by atoms with van der Waals surface area (Å²) in [6.07, 6.45) is 6.75. The molecule has 0 saturated carbocycles. The molecule has 3 aromatic heterocycles. The lowest BCUT2D eigenvalue weighted by Crippen LogP contribution is -2.42. The zero-order valence-corrected chi connectivity index (χ0v) is 39.6. The molecule has 14 heteroatoms. The monoisotopic (exact) mass is 872 g/mol. The first kappa shape index (κ1) is 47.4. The van der Waals surface area contributed by atoms with Crippen molar-refractivity contribution in [1.82, 2.24) is 39.5 Å². The van der Waals surface area contributed by atoms with Crippen molar-refractivity contribution >= 4 is 68.6 Å². The minimum Gasteiger partial charge on any atom is -0.469 e. The highest BCUT2D eigenvalue weighted by molar-refractivity contribution is 6.02. The van der Waals surface area contributed by atoms with E-state index in [0.717, 1.165) is 85.5 Å². The van der Waals surface area contributed by atoms with Gasteiger partial charge in [-0.1, -0.05) is 24.8 Å². The summed E-state index contributed by atoms with van der Waals surface area (Å²) >= 11 is 0. The number of rotatable bonds is 15. The zero-order chi connectivity index (χ0) is 46.8. The number of likely N-dealkylation sites (N-methyl/N-ethyl adjacent to an activating group) is 4. The van der Waals surface area contributed by atoms with Crippen LogP contribution in [0.4, 0.5) is 0 Å². The van der Waals surface area contributed by atoms with Crippen LogP contribution in [0, 0.1) is 19.8 Å². The number of aryl methyl sites for hydroxylation is 3. The van der Waals surface area contributed by atoms with Gasteiger partial charge in [0.05, 0.1) is 48.0 Å². The van der Waals surface area contributed by atoms with Crippen molar-refractivity contribution < 1.29 is 28.7 Å². The minimum atomic E-state index is -1.16. The Balaban J connectivity index is 1.65. The lowest BCUT2D eigenvalue weighted by Gasteiger charge is -2.36. The molecule has 1 aliphatic carbocycles. The Bertz CT molecular complexity index is 2650. The van der Waals surface area contributed by atoms with Crippen molar-refractivity contribution in [2.75, 3.05) is 82.7 Å². The van der Waals surface area contributed by atoms with Gasteiger partial charge in [0.25, 0.3) is 0 Å². The molecule has 8 bridgehead atoms. The van der Waals surface area contributed by atoms with Gasteiger partial charge in [-0.2, -0.15) is 0 Å². The highest BCUT2D eigenvalue weighted by atomic mass is 16.5. The molecule has 2 N–H and O–H groups in total. The predicted molar refractivity (Wildman–Crippen MR) is 254 cm³/mol. The summed E-state index contributed by atoms with van der Waals surface area (Å²) in [5.41, 5.74) is 11.0. The molecule has 0 fully saturated rings. The maximum atomic E-state index is 13.9. The van der Waals surface area contributed by atoms with Crippen LogP contribution in [-0.2, 0) is 40.5 Å². The predicted octanol–water partition coefficient (Wildman–Crippen LogP) is 6.50. The molecule has 6 rings (SSSR count). The van der Waals surface area contributed by atoms with Crippen LogP contribution < -0.4 is 0 Å². The molecule has 5 heterocycles. The SMILES string of the molecule is C=Cc1c(C)c2cc3nc(cc4[nH]c(cc5nc(cc1[nH]2)C(C)=C5CCC(=O)N(C)CCN(C)C)c(CCC(=O)N(C)CCN(C)C)c4C)[C@@]1(C)C3=CC=C(C(=O)OC)[C@H]1C(=O)OC. The zero-order valence-electron chi connectivity index (χ0n) is 39.6. The summed E-state index contributed by atoms with van der Waals surface area (Å²) in [5.74, 6) is -2.25. The van der Waals surface area contributed by atoms with Crippen LogP contribution in [0.15, 0.2) is 48.6 Å². The van der Waals surface area contributed by atoms with Crippen LogP contribution in [0.1, 0.15) is 78.1 Å². The van der Waals surface area contributed by atoms with Gasteiger partial charge >= 0.3 is 11.9 Å². The van der Waals surface area contributed by atoms with E-state index in [4.69, 9.17) is 19.4 Å². The lowest BCUT2D eigenvalue weighted by molar-refractivity contribution is -0.149. The van der Waals surface area contributed by atoms with Crippen LogP contribution >= 0.6 is 0 Å². The summed E-state index contributed by atoms with van der Waals surface area (Å²) in [4.78, 5) is 79.8. The molecule has 2 aliphatic heterocycles. The van der Waals surface area contributed by atoms with Gasteiger partial charge in [0.2, 0.25) is 11.8 Å². The standard InChI is InChI=1S/C50H64N8O6/c1-14-32-29(2)38-26-43-36-18-15-35(48(61)63-12)47(49(62)64-13)50(36,5)44(54-43)28-39-31(4)34(17-20-46(60)58(11)24-22-56(8)9)42(53-39)27-41-33(30(3)37(52-41)25-40(32)51-38)16-19-45(59)57(10)23-21-55(6)7/h14-15,18,25-28,47,51,53H,1,16-17,19-24H2,2-13H3/t47-,50+/m0/s1. The molecule has 0 unspecified atom stereocenters. The number of carbonyl (C=O) groups is 4. The molecule has 0 spiro atoms. The molecule has 3 aromatic rings. The third kappa shape index (κ3) is 9.25. The number of methoxy groups -OCH3 is 2. The smallest absolute Gasteiger partial charge is 0.334 e. The number of H-pyrrole nitrogens is 2. The van der Waals surface area contributed by atoms with Gasteiger partial charge < -0.3 is 39.0 Å². The molecule has 2 amide bonds. The number of nitrogens with zero attached hydrogens (tertiary/aromatic N) is 6. The van der Waals surface area contributed by atoms with Crippen molar-refractivity contribution in [3.8, 4) is 0 Å². The van der Waals surface area contributed by atoms with Crippen LogP contribution in [0.5, 0.6) is 0 Å². The van der Waals surface area contributed by atoms with E-state index < -0.39 is 23.3 Å². The highest BCUT2D eigenvalue weighted by Gasteiger charge is 2.53. The van der Waals surface area contributed by atoms with Crippen LogP contribution in [0.3, 0.4) is 0 Å². The maximum absolute atomic E-state index is 13.9. The lowest BCUT2D eigenvalue weighted by atomic mass is 9.64. The first-order chi connectivity index (χ1) is 30.3. The van der Waals surface area contributed by atoms with Gasteiger partial charge in [-0.15, -0.1) is 0 Å². The summed E-state index contributed by atoms with van der Waals surface area (Å²) in [6, 6.07) is 7.95. The fraction of sp³-hybridized carbons (Fsp3) is 0.440. The average molecular weight is 873 g/mol. The Morgan fingerprint density at radius 3 is 1.89 bits per heavy atom. The molecule has 64 heavy (non-hydrogen) atoms. The third-order valence-electron chi connectivity index (χ3n) is 13.1. The number of allylic oxidation sites excluding steroid dienone is 5. The molecular weight excluding hydrogens is 809 g/mol. The topological polar surface area (TPSA) is 157 Å². The Labute approximate surface area is 376 Å². The first-order valence-electron chi connectivity index (χ1n) is 21.8. The number of hydrogen-bond donors (Lipinski definition) is 2. The number of esters is 2. The van der Waals surface area contributed by atoms with Gasteiger partial charge in [-0.25, -0.2) is 9.78 Å². The van der Waals surface area contributed by atoms with Crippen molar-refractivity contribution in [2.24, 2.45) is 5.92 Å².